The van der Waals surface area contributed by atoms with Gasteiger partial charge in [0.15, 0.2) is 0 Å². The number of hydrogen-bond acceptors (Lipinski definition) is 1. The zero-order chi connectivity index (χ0) is 10.5. The van der Waals surface area contributed by atoms with E-state index in [0.717, 1.165) is 17.9 Å². The summed E-state index contributed by atoms with van der Waals surface area (Å²) in [6, 6.07) is 0.869. The molecule has 0 aromatic heterocycles. The highest BCUT2D eigenvalue weighted by Gasteiger charge is 2.32. The number of hydrogen-bond donors (Lipinski definition) is 1. The van der Waals surface area contributed by atoms with Gasteiger partial charge in [-0.05, 0) is 44.1 Å². The van der Waals surface area contributed by atoms with E-state index in [1.165, 1.54) is 64.3 Å². The minimum Gasteiger partial charge on any atom is -0.314 e. The normalized spacial score (nSPS) is 25.4. The molecule has 0 saturated heterocycles. The van der Waals surface area contributed by atoms with Crippen molar-refractivity contribution >= 4 is 0 Å². The summed E-state index contributed by atoms with van der Waals surface area (Å²) in [6.45, 7) is 3.51. The second-order valence-electron chi connectivity index (χ2n) is 5.64. The van der Waals surface area contributed by atoms with Gasteiger partial charge in [0, 0.05) is 6.04 Å². The molecule has 0 amide bonds. The van der Waals surface area contributed by atoms with E-state index in [2.05, 4.69) is 12.2 Å². The molecule has 0 spiro atoms. The molecule has 2 aliphatic carbocycles. The van der Waals surface area contributed by atoms with Crippen LogP contribution in [0.2, 0.25) is 0 Å². The molecule has 0 aromatic rings. The highest BCUT2D eigenvalue weighted by atomic mass is 14.9. The van der Waals surface area contributed by atoms with E-state index in [1.54, 1.807) is 0 Å². The van der Waals surface area contributed by atoms with Crippen LogP contribution in [0, 0.1) is 11.8 Å². The summed E-state index contributed by atoms with van der Waals surface area (Å²) in [5.74, 6) is 2.09. The van der Waals surface area contributed by atoms with Crippen LogP contribution < -0.4 is 5.32 Å². The lowest BCUT2D eigenvalue weighted by molar-refractivity contribution is 0.284. The van der Waals surface area contributed by atoms with Gasteiger partial charge in [-0.15, -0.1) is 0 Å². The van der Waals surface area contributed by atoms with Crippen molar-refractivity contribution in [1.82, 2.24) is 5.32 Å². The third-order valence-corrected chi connectivity index (χ3v) is 4.16. The van der Waals surface area contributed by atoms with Gasteiger partial charge in [0.25, 0.3) is 0 Å². The fraction of sp³-hybridized carbons (Fsp3) is 1.00. The molecule has 0 bridgehead atoms. The summed E-state index contributed by atoms with van der Waals surface area (Å²) in [4.78, 5) is 0. The summed E-state index contributed by atoms with van der Waals surface area (Å²) >= 11 is 0. The fourth-order valence-corrected chi connectivity index (χ4v) is 3.05. The zero-order valence-corrected chi connectivity index (χ0v) is 10.3. The van der Waals surface area contributed by atoms with Crippen molar-refractivity contribution in [1.29, 1.82) is 0 Å². The standard InChI is InChI=1S/C14H27N/c1-2-10-15-14(13-8-9-13)11-12-6-4-3-5-7-12/h12-15H,2-11H2,1H3. The Hall–Kier alpha value is -0.0400. The Labute approximate surface area is 95.0 Å². The Morgan fingerprint density at radius 1 is 1.07 bits per heavy atom. The third kappa shape index (κ3) is 3.79. The predicted molar refractivity (Wildman–Crippen MR) is 66.0 cm³/mol. The first-order chi connectivity index (χ1) is 7.40. The maximum atomic E-state index is 3.78. The Morgan fingerprint density at radius 2 is 1.80 bits per heavy atom. The van der Waals surface area contributed by atoms with Crippen molar-refractivity contribution in [2.24, 2.45) is 11.8 Å². The van der Waals surface area contributed by atoms with Crippen molar-refractivity contribution in [3.05, 3.63) is 0 Å². The Kier molecular flexibility index (Phi) is 4.49. The van der Waals surface area contributed by atoms with E-state index < -0.39 is 0 Å². The molecule has 88 valence electrons. The largest absolute Gasteiger partial charge is 0.314 e. The van der Waals surface area contributed by atoms with Crippen LogP contribution in [0.5, 0.6) is 0 Å². The van der Waals surface area contributed by atoms with Crippen LogP contribution in [0.25, 0.3) is 0 Å². The van der Waals surface area contributed by atoms with Gasteiger partial charge in [-0.2, -0.15) is 0 Å². The zero-order valence-electron chi connectivity index (χ0n) is 10.3. The van der Waals surface area contributed by atoms with Gasteiger partial charge in [0.1, 0.15) is 0 Å². The molecule has 2 saturated carbocycles. The highest BCUT2D eigenvalue weighted by Crippen LogP contribution is 2.37. The second-order valence-corrected chi connectivity index (χ2v) is 5.64. The van der Waals surface area contributed by atoms with Crippen LogP contribution in [0.1, 0.15) is 64.7 Å². The summed E-state index contributed by atoms with van der Waals surface area (Å²) in [5, 5.41) is 3.78. The fourth-order valence-electron chi connectivity index (χ4n) is 3.05. The molecule has 2 aliphatic rings. The summed E-state index contributed by atoms with van der Waals surface area (Å²) in [5.41, 5.74) is 0. The first-order valence-electron chi connectivity index (χ1n) is 7.13. The van der Waals surface area contributed by atoms with Crippen LogP contribution >= 0.6 is 0 Å². The lowest BCUT2D eigenvalue weighted by atomic mass is 9.84. The molecule has 0 heterocycles. The molecule has 1 N–H and O–H groups in total. The van der Waals surface area contributed by atoms with Crippen LogP contribution in [0.4, 0.5) is 0 Å². The predicted octanol–water partition coefficient (Wildman–Crippen LogP) is 3.74. The van der Waals surface area contributed by atoms with Crippen LogP contribution in [-0.2, 0) is 0 Å². The molecule has 0 aromatic carbocycles. The van der Waals surface area contributed by atoms with Crippen molar-refractivity contribution in [2.45, 2.75) is 70.8 Å². The van der Waals surface area contributed by atoms with Gasteiger partial charge >= 0.3 is 0 Å². The molecule has 1 nitrogen and oxygen atoms in total. The van der Waals surface area contributed by atoms with Crippen LogP contribution in [0.15, 0.2) is 0 Å². The van der Waals surface area contributed by atoms with Gasteiger partial charge < -0.3 is 5.32 Å². The van der Waals surface area contributed by atoms with E-state index in [0.29, 0.717) is 0 Å². The van der Waals surface area contributed by atoms with Gasteiger partial charge in [-0.1, -0.05) is 39.0 Å². The topological polar surface area (TPSA) is 12.0 Å². The summed E-state index contributed by atoms with van der Waals surface area (Å²) < 4.78 is 0. The second kappa shape index (κ2) is 5.89. The maximum Gasteiger partial charge on any atom is 0.00979 e. The monoisotopic (exact) mass is 209 g/mol. The van der Waals surface area contributed by atoms with E-state index in [9.17, 15) is 0 Å². The molecule has 15 heavy (non-hydrogen) atoms. The minimum atomic E-state index is 0.869. The average molecular weight is 209 g/mol. The smallest absolute Gasteiger partial charge is 0.00979 e. The molecule has 0 aliphatic heterocycles. The molecule has 1 heteroatoms. The van der Waals surface area contributed by atoms with E-state index in [1.807, 2.05) is 0 Å². The van der Waals surface area contributed by atoms with Crippen LogP contribution in [-0.4, -0.2) is 12.6 Å². The van der Waals surface area contributed by atoms with Gasteiger partial charge in [0.2, 0.25) is 0 Å². The lowest BCUT2D eigenvalue weighted by Crippen LogP contribution is -2.34. The summed E-state index contributed by atoms with van der Waals surface area (Å²) in [6.07, 6.45) is 13.3. The van der Waals surface area contributed by atoms with Crippen molar-refractivity contribution in [3.63, 3.8) is 0 Å². The van der Waals surface area contributed by atoms with E-state index >= 15 is 0 Å². The summed E-state index contributed by atoms with van der Waals surface area (Å²) in [7, 11) is 0. The first-order valence-corrected chi connectivity index (χ1v) is 7.13. The molecule has 1 unspecified atom stereocenters. The molecule has 1 atom stereocenters. The number of rotatable bonds is 6. The van der Waals surface area contributed by atoms with E-state index in [-0.39, 0.29) is 0 Å². The Morgan fingerprint density at radius 3 is 2.40 bits per heavy atom. The molecule has 2 fully saturated rings. The van der Waals surface area contributed by atoms with Gasteiger partial charge in [0.05, 0.1) is 0 Å². The van der Waals surface area contributed by atoms with Crippen molar-refractivity contribution < 1.29 is 0 Å². The number of nitrogens with one attached hydrogen (secondary N) is 1. The van der Waals surface area contributed by atoms with Crippen molar-refractivity contribution in [3.8, 4) is 0 Å². The van der Waals surface area contributed by atoms with Crippen LogP contribution in [0.3, 0.4) is 0 Å². The molecular weight excluding hydrogens is 182 g/mol. The maximum absolute atomic E-state index is 3.78. The quantitative estimate of drug-likeness (QED) is 0.703. The minimum absolute atomic E-state index is 0.869. The Balaban J connectivity index is 1.72. The molecule has 2 rings (SSSR count). The van der Waals surface area contributed by atoms with Crippen molar-refractivity contribution in [2.75, 3.05) is 6.54 Å². The first kappa shape index (κ1) is 11.4. The SMILES string of the molecule is CCCNC(CC1CCCCC1)C1CC1. The Bertz CT molecular complexity index is 168. The lowest BCUT2D eigenvalue weighted by Gasteiger charge is -2.27. The highest BCUT2D eigenvalue weighted by molar-refractivity contribution is 4.88. The van der Waals surface area contributed by atoms with Gasteiger partial charge in [-0.3, -0.25) is 0 Å². The molecule has 0 radical (unpaired) electrons. The molecular formula is C14H27N. The third-order valence-electron chi connectivity index (χ3n) is 4.16. The van der Waals surface area contributed by atoms with E-state index in [4.69, 9.17) is 0 Å². The van der Waals surface area contributed by atoms with Gasteiger partial charge in [-0.25, -0.2) is 0 Å². The average Bonchev–Trinajstić information content (AvgIpc) is 3.09.